The molecule has 4 heteroatoms. The summed E-state index contributed by atoms with van der Waals surface area (Å²) in [6.07, 6.45) is 2.11. The molecular weight excluding hydrogens is 204 g/mol. The number of nitrogens with zero attached hydrogens (tertiary/aromatic N) is 1. The lowest BCUT2D eigenvalue weighted by Crippen LogP contribution is -2.07. The van der Waals surface area contributed by atoms with E-state index < -0.39 is 0 Å². The molecule has 0 amide bonds. The van der Waals surface area contributed by atoms with Crippen LogP contribution in [0.1, 0.15) is 16.8 Å². The SMILES string of the molecule is Cn1cc(C(=O)CCN)c2cc(O)ccc21. The van der Waals surface area contributed by atoms with Crippen LogP contribution >= 0.6 is 0 Å². The van der Waals surface area contributed by atoms with Crippen LogP contribution in [0.3, 0.4) is 0 Å². The third kappa shape index (κ3) is 1.67. The van der Waals surface area contributed by atoms with Crippen LogP contribution in [-0.4, -0.2) is 22.0 Å². The predicted molar refractivity (Wildman–Crippen MR) is 62.6 cm³/mol. The van der Waals surface area contributed by atoms with Gasteiger partial charge in [-0.15, -0.1) is 0 Å². The zero-order chi connectivity index (χ0) is 11.7. The highest BCUT2D eigenvalue weighted by Gasteiger charge is 2.13. The molecule has 0 aliphatic heterocycles. The summed E-state index contributed by atoms with van der Waals surface area (Å²) < 4.78 is 1.87. The molecule has 0 spiro atoms. The van der Waals surface area contributed by atoms with Gasteiger partial charge in [-0.05, 0) is 24.7 Å². The number of nitrogens with two attached hydrogens (primary N) is 1. The van der Waals surface area contributed by atoms with E-state index >= 15 is 0 Å². The Morgan fingerprint density at radius 2 is 2.25 bits per heavy atom. The van der Waals surface area contributed by atoms with Crippen LogP contribution in [0.5, 0.6) is 5.75 Å². The van der Waals surface area contributed by atoms with Crippen molar-refractivity contribution in [3.8, 4) is 5.75 Å². The molecular formula is C12H14N2O2. The molecule has 0 fully saturated rings. The van der Waals surface area contributed by atoms with Crippen molar-refractivity contribution in [2.24, 2.45) is 12.8 Å². The van der Waals surface area contributed by atoms with Gasteiger partial charge in [-0.3, -0.25) is 4.79 Å². The Bertz CT molecular complexity index is 543. The molecule has 1 aromatic carbocycles. The summed E-state index contributed by atoms with van der Waals surface area (Å²) in [4.78, 5) is 11.8. The maximum absolute atomic E-state index is 11.8. The molecule has 0 radical (unpaired) electrons. The normalized spacial score (nSPS) is 10.9. The lowest BCUT2D eigenvalue weighted by atomic mass is 10.1. The van der Waals surface area contributed by atoms with E-state index in [2.05, 4.69) is 0 Å². The van der Waals surface area contributed by atoms with Gasteiger partial charge >= 0.3 is 0 Å². The van der Waals surface area contributed by atoms with E-state index in [1.807, 2.05) is 11.6 Å². The van der Waals surface area contributed by atoms with Gasteiger partial charge in [-0.25, -0.2) is 0 Å². The third-order valence-corrected chi connectivity index (χ3v) is 2.64. The number of phenolic OH excluding ortho intramolecular Hbond substituents is 1. The first kappa shape index (κ1) is 10.7. The average molecular weight is 218 g/mol. The third-order valence-electron chi connectivity index (χ3n) is 2.64. The van der Waals surface area contributed by atoms with Gasteiger partial charge in [-0.1, -0.05) is 0 Å². The number of hydrogen-bond donors (Lipinski definition) is 2. The standard InChI is InChI=1S/C12H14N2O2/c1-14-7-10(12(16)4-5-13)9-6-8(15)2-3-11(9)14/h2-3,6-7,15H,4-5,13H2,1H3. The van der Waals surface area contributed by atoms with Crippen LogP contribution in [0, 0.1) is 0 Å². The summed E-state index contributed by atoms with van der Waals surface area (Å²) in [5, 5.41) is 10.2. The van der Waals surface area contributed by atoms with Crippen molar-refractivity contribution in [2.45, 2.75) is 6.42 Å². The Morgan fingerprint density at radius 3 is 2.94 bits per heavy atom. The Kier molecular flexibility index (Phi) is 2.66. The van der Waals surface area contributed by atoms with Crippen LogP contribution in [0.2, 0.25) is 0 Å². The quantitative estimate of drug-likeness (QED) is 0.765. The Labute approximate surface area is 93.3 Å². The average Bonchev–Trinajstić information content (AvgIpc) is 2.56. The Hall–Kier alpha value is -1.81. The second-order valence-electron chi connectivity index (χ2n) is 3.82. The molecule has 0 saturated heterocycles. The van der Waals surface area contributed by atoms with E-state index in [0.29, 0.717) is 18.5 Å². The number of ketones is 1. The topological polar surface area (TPSA) is 68.2 Å². The van der Waals surface area contributed by atoms with Gasteiger partial charge in [0.2, 0.25) is 0 Å². The van der Waals surface area contributed by atoms with Gasteiger partial charge < -0.3 is 15.4 Å². The molecule has 0 bridgehead atoms. The van der Waals surface area contributed by atoms with Crippen molar-refractivity contribution in [2.75, 3.05) is 6.54 Å². The molecule has 0 atom stereocenters. The zero-order valence-corrected chi connectivity index (χ0v) is 9.10. The van der Waals surface area contributed by atoms with Gasteiger partial charge in [0, 0.05) is 36.1 Å². The number of carbonyl (C=O) groups excluding carboxylic acids is 1. The molecule has 1 heterocycles. The van der Waals surface area contributed by atoms with Gasteiger partial charge in [0.05, 0.1) is 0 Å². The number of aromatic hydroxyl groups is 1. The second-order valence-corrected chi connectivity index (χ2v) is 3.82. The lowest BCUT2D eigenvalue weighted by molar-refractivity contribution is 0.0987. The van der Waals surface area contributed by atoms with E-state index in [1.54, 1.807) is 24.4 Å². The number of fused-ring (bicyclic) bond motifs is 1. The molecule has 16 heavy (non-hydrogen) atoms. The first-order valence-corrected chi connectivity index (χ1v) is 5.15. The summed E-state index contributed by atoms with van der Waals surface area (Å²) in [5.74, 6) is 0.180. The van der Waals surface area contributed by atoms with Gasteiger partial charge in [0.1, 0.15) is 5.75 Å². The van der Waals surface area contributed by atoms with Crippen molar-refractivity contribution in [1.29, 1.82) is 0 Å². The molecule has 1 aromatic heterocycles. The van der Waals surface area contributed by atoms with E-state index in [0.717, 1.165) is 10.9 Å². The maximum atomic E-state index is 11.8. The second kappa shape index (κ2) is 3.98. The van der Waals surface area contributed by atoms with Gasteiger partial charge in [0.25, 0.3) is 0 Å². The molecule has 4 nitrogen and oxygen atoms in total. The fourth-order valence-corrected chi connectivity index (χ4v) is 1.87. The minimum Gasteiger partial charge on any atom is -0.508 e. The van der Waals surface area contributed by atoms with Crippen molar-refractivity contribution in [3.63, 3.8) is 0 Å². The fourth-order valence-electron chi connectivity index (χ4n) is 1.87. The first-order valence-electron chi connectivity index (χ1n) is 5.15. The van der Waals surface area contributed by atoms with E-state index in [-0.39, 0.29) is 11.5 Å². The minimum absolute atomic E-state index is 0.0127. The summed E-state index contributed by atoms with van der Waals surface area (Å²) in [5.41, 5.74) is 6.92. The molecule has 84 valence electrons. The summed E-state index contributed by atoms with van der Waals surface area (Å²) >= 11 is 0. The van der Waals surface area contributed by atoms with Crippen LogP contribution in [-0.2, 0) is 7.05 Å². The summed E-state index contributed by atoms with van der Waals surface area (Å²) in [6.45, 7) is 0.341. The maximum Gasteiger partial charge on any atom is 0.166 e. The molecule has 0 aliphatic carbocycles. The van der Waals surface area contributed by atoms with Crippen molar-refractivity contribution in [3.05, 3.63) is 30.0 Å². The Balaban J connectivity index is 2.61. The number of aromatic nitrogens is 1. The highest BCUT2D eigenvalue weighted by Crippen LogP contribution is 2.25. The van der Waals surface area contributed by atoms with Crippen LogP contribution in [0.4, 0.5) is 0 Å². The van der Waals surface area contributed by atoms with Gasteiger partial charge in [-0.2, -0.15) is 0 Å². The number of benzene rings is 1. The van der Waals surface area contributed by atoms with E-state index in [4.69, 9.17) is 5.73 Å². The largest absolute Gasteiger partial charge is 0.508 e. The Morgan fingerprint density at radius 1 is 1.50 bits per heavy atom. The van der Waals surface area contributed by atoms with Gasteiger partial charge in [0.15, 0.2) is 5.78 Å². The monoisotopic (exact) mass is 218 g/mol. The molecule has 2 aromatic rings. The molecule has 3 N–H and O–H groups in total. The number of phenols is 1. The van der Waals surface area contributed by atoms with E-state index in [9.17, 15) is 9.90 Å². The molecule has 0 aliphatic rings. The van der Waals surface area contributed by atoms with E-state index in [1.165, 1.54) is 0 Å². The van der Waals surface area contributed by atoms with Crippen LogP contribution in [0.25, 0.3) is 10.9 Å². The van der Waals surface area contributed by atoms with Crippen LogP contribution in [0.15, 0.2) is 24.4 Å². The first-order chi connectivity index (χ1) is 7.63. The number of rotatable bonds is 3. The van der Waals surface area contributed by atoms with Crippen molar-refractivity contribution >= 4 is 16.7 Å². The summed E-state index contributed by atoms with van der Waals surface area (Å²) in [6, 6.07) is 5.02. The number of Topliss-reactive ketones (excluding diaryl/α,β-unsaturated/α-hetero) is 1. The lowest BCUT2D eigenvalue weighted by Gasteiger charge is -1.98. The van der Waals surface area contributed by atoms with Crippen molar-refractivity contribution in [1.82, 2.24) is 4.57 Å². The highest BCUT2D eigenvalue weighted by atomic mass is 16.3. The predicted octanol–water partition coefficient (Wildman–Crippen LogP) is 1.42. The van der Waals surface area contributed by atoms with Crippen LogP contribution < -0.4 is 5.73 Å². The minimum atomic E-state index is 0.0127. The number of hydrogen-bond acceptors (Lipinski definition) is 3. The van der Waals surface area contributed by atoms with Crippen molar-refractivity contribution < 1.29 is 9.90 Å². The molecule has 0 unspecified atom stereocenters. The smallest absolute Gasteiger partial charge is 0.166 e. The zero-order valence-electron chi connectivity index (χ0n) is 9.10. The highest BCUT2D eigenvalue weighted by molar-refractivity contribution is 6.08. The summed E-state index contributed by atoms with van der Waals surface area (Å²) in [7, 11) is 1.87. The fraction of sp³-hybridized carbons (Fsp3) is 0.250. The molecule has 0 saturated carbocycles. The number of aryl methyl sites for hydroxylation is 1. The molecule has 2 rings (SSSR count). The number of carbonyl (C=O) groups is 1.